The molecule has 7 nitrogen and oxygen atoms in total. The summed E-state index contributed by atoms with van der Waals surface area (Å²) in [6, 6.07) is 5.21. The second-order valence-electron chi connectivity index (χ2n) is 6.61. The molecular formula is C19H20N4O3. The van der Waals surface area contributed by atoms with Crippen LogP contribution in [-0.4, -0.2) is 38.6 Å². The maximum atomic E-state index is 12.8. The average molecular weight is 352 g/mol. The molecule has 0 aliphatic heterocycles. The lowest BCUT2D eigenvalue weighted by Gasteiger charge is -2.38. The number of aliphatic hydroxyl groups is 1. The third kappa shape index (κ3) is 3.13. The van der Waals surface area contributed by atoms with Gasteiger partial charge in [-0.25, -0.2) is 4.98 Å². The predicted octanol–water partition coefficient (Wildman–Crippen LogP) is 1.98. The number of nitrogens with one attached hydrogen (secondary N) is 1. The second kappa shape index (κ2) is 6.76. The summed E-state index contributed by atoms with van der Waals surface area (Å²) in [5.74, 6) is 0.635. The summed E-state index contributed by atoms with van der Waals surface area (Å²) in [6.45, 7) is 0. The highest BCUT2D eigenvalue weighted by molar-refractivity contribution is 5.94. The van der Waals surface area contributed by atoms with Gasteiger partial charge in [0.2, 0.25) is 0 Å². The van der Waals surface area contributed by atoms with Crippen LogP contribution in [0.2, 0.25) is 0 Å². The Morgan fingerprint density at radius 1 is 1.38 bits per heavy atom. The molecule has 1 aliphatic rings. The Bertz CT molecular complexity index is 933. The van der Waals surface area contributed by atoms with Crippen LogP contribution in [0.5, 0.6) is 5.75 Å². The Hall–Kier alpha value is -2.93. The predicted molar refractivity (Wildman–Crippen MR) is 94.9 cm³/mol. The van der Waals surface area contributed by atoms with E-state index in [0.717, 1.165) is 11.2 Å². The summed E-state index contributed by atoms with van der Waals surface area (Å²) >= 11 is 0. The minimum Gasteiger partial charge on any atom is -0.495 e. The Labute approximate surface area is 150 Å². The SMILES string of the molecule is COc1cncc([C@H](NC(=O)c2ccc3nccn3c2)C2CC(O)C2)c1. The van der Waals surface area contributed by atoms with Crippen LogP contribution in [0.3, 0.4) is 0 Å². The number of fused-ring (bicyclic) bond motifs is 1. The first-order valence-electron chi connectivity index (χ1n) is 8.54. The highest BCUT2D eigenvalue weighted by atomic mass is 16.5. The number of methoxy groups -OCH3 is 1. The fraction of sp³-hybridized carbons (Fsp3) is 0.316. The zero-order valence-corrected chi connectivity index (χ0v) is 14.4. The van der Waals surface area contributed by atoms with Crippen LogP contribution in [0.4, 0.5) is 0 Å². The highest BCUT2D eigenvalue weighted by Gasteiger charge is 2.36. The molecule has 0 unspecified atom stereocenters. The van der Waals surface area contributed by atoms with E-state index in [-0.39, 0.29) is 24.0 Å². The van der Waals surface area contributed by atoms with Gasteiger partial charge in [0, 0.05) is 24.8 Å². The number of imidazole rings is 1. The standard InChI is InChI=1S/C19H20N4O3/c1-26-16-8-14(9-20-10-16)18(13-6-15(24)7-13)22-19(25)12-2-3-17-21-4-5-23(17)11-12/h2-5,8-11,13,15,18,24H,6-7H2,1H3,(H,22,25)/t13?,15?,18-/m1/s1. The van der Waals surface area contributed by atoms with Crippen molar-refractivity contribution in [3.63, 3.8) is 0 Å². The van der Waals surface area contributed by atoms with Crippen molar-refractivity contribution in [3.05, 3.63) is 60.3 Å². The van der Waals surface area contributed by atoms with E-state index in [9.17, 15) is 9.90 Å². The average Bonchev–Trinajstić information content (AvgIpc) is 3.11. The lowest BCUT2D eigenvalue weighted by atomic mass is 9.75. The first-order valence-corrected chi connectivity index (χ1v) is 8.54. The maximum absolute atomic E-state index is 12.8. The molecule has 1 atom stereocenters. The quantitative estimate of drug-likeness (QED) is 0.733. The molecule has 4 rings (SSSR count). The van der Waals surface area contributed by atoms with Gasteiger partial charge in [-0.1, -0.05) is 0 Å². The van der Waals surface area contributed by atoms with E-state index < -0.39 is 0 Å². The minimum absolute atomic E-state index is 0.167. The normalized spacial score (nSPS) is 20.4. The lowest BCUT2D eigenvalue weighted by Crippen LogP contribution is -2.41. The first kappa shape index (κ1) is 16.5. The molecule has 0 spiro atoms. The van der Waals surface area contributed by atoms with E-state index in [2.05, 4.69) is 15.3 Å². The molecular weight excluding hydrogens is 332 g/mol. The van der Waals surface area contributed by atoms with E-state index in [4.69, 9.17) is 4.74 Å². The molecule has 1 fully saturated rings. The van der Waals surface area contributed by atoms with Gasteiger partial charge in [-0.3, -0.25) is 9.78 Å². The second-order valence-corrected chi connectivity index (χ2v) is 6.61. The van der Waals surface area contributed by atoms with Crippen molar-refractivity contribution >= 4 is 11.6 Å². The fourth-order valence-electron chi connectivity index (χ4n) is 3.37. The molecule has 2 N–H and O–H groups in total. The van der Waals surface area contributed by atoms with Crippen LogP contribution in [0.25, 0.3) is 5.65 Å². The summed E-state index contributed by atoms with van der Waals surface area (Å²) in [4.78, 5) is 21.2. The molecule has 0 radical (unpaired) electrons. The topological polar surface area (TPSA) is 88.8 Å². The number of nitrogens with zero attached hydrogens (tertiary/aromatic N) is 3. The van der Waals surface area contributed by atoms with Crippen LogP contribution in [0.15, 0.2) is 49.2 Å². The fourth-order valence-corrected chi connectivity index (χ4v) is 3.37. The Kier molecular flexibility index (Phi) is 4.30. The molecule has 3 aromatic heterocycles. The van der Waals surface area contributed by atoms with E-state index in [1.807, 2.05) is 16.5 Å². The van der Waals surface area contributed by atoms with Crippen LogP contribution >= 0.6 is 0 Å². The van der Waals surface area contributed by atoms with Crippen molar-refractivity contribution in [3.8, 4) is 5.75 Å². The molecule has 0 aromatic carbocycles. The number of aromatic nitrogens is 3. The number of hydrogen-bond acceptors (Lipinski definition) is 5. The molecule has 1 aliphatic carbocycles. The summed E-state index contributed by atoms with van der Waals surface area (Å²) in [5, 5.41) is 12.8. The molecule has 26 heavy (non-hydrogen) atoms. The highest BCUT2D eigenvalue weighted by Crippen LogP contribution is 2.38. The zero-order valence-electron chi connectivity index (χ0n) is 14.4. The van der Waals surface area contributed by atoms with Crippen LogP contribution < -0.4 is 10.1 Å². The summed E-state index contributed by atoms with van der Waals surface area (Å²) in [6.07, 6.45) is 9.62. The van der Waals surface area contributed by atoms with Gasteiger partial charge in [-0.2, -0.15) is 0 Å². The summed E-state index contributed by atoms with van der Waals surface area (Å²) in [7, 11) is 1.59. The Morgan fingerprint density at radius 2 is 2.23 bits per heavy atom. The van der Waals surface area contributed by atoms with Gasteiger partial charge in [0.15, 0.2) is 0 Å². The van der Waals surface area contributed by atoms with Gasteiger partial charge in [0.05, 0.1) is 31.0 Å². The number of pyridine rings is 2. The van der Waals surface area contributed by atoms with Crippen LogP contribution in [-0.2, 0) is 0 Å². The third-order valence-corrected chi connectivity index (χ3v) is 4.89. The molecule has 0 bridgehead atoms. The number of aliphatic hydroxyl groups excluding tert-OH is 1. The van der Waals surface area contributed by atoms with Crippen molar-refractivity contribution in [1.82, 2.24) is 19.7 Å². The molecule has 7 heteroatoms. The van der Waals surface area contributed by atoms with Crippen molar-refractivity contribution < 1.29 is 14.6 Å². The summed E-state index contributed by atoms with van der Waals surface area (Å²) in [5.41, 5.74) is 2.21. The molecule has 1 amide bonds. The molecule has 1 saturated carbocycles. The monoisotopic (exact) mass is 352 g/mol. The smallest absolute Gasteiger partial charge is 0.253 e. The number of rotatable bonds is 5. The van der Waals surface area contributed by atoms with E-state index in [0.29, 0.717) is 24.2 Å². The van der Waals surface area contributed by atoms with E-state index >= 15 is 0 Å². The number of ether oxygens (including phenoxy) is 1. The number of carbonyl (C=O) groups excluding carboxylic acids is 1. The van der Waals surface area contributed by atoms with Gasteiger partial charge >= 0.3 is 0 Å². The molecule has 3 aromatic rings. The summed E-state index contributed by atoms with van der Waals surface area (Å²) < 4.78 is 7.06. The van der Waals surface area contributed by atoms with Crippen molar-refractivity contribution in [2.24, 2.45) is 5.92 Å². The minimum atomic E-state index is -0.305. The number of hydrogen-bond donors (Lipinski definition) is 2. The van der Waals surface area contributed by atoms with E-state index in [1.165, 1.54) is 0 Å². The lowest BCUT2D eigenvalue weighted by molar-refractivity contribution is 0.0234. The van der Waals surface area contributed by atoms with Crippen molar-refractivity contribution in [2.75, 3.05) is 7.11 Å². The van der Waals surface area contributed by atoms with Crippen molar-refractivity contribution in [1.29, 1.82) is 0 Å². The first-order chi connectivity index (χ1) is 12.6. The zero-order chi connectivity index (χ0) is 18.1. The molecule has 134 valence electrons. The van der Waals surface area contributed by atoms with Crippen LogP contribution in [0.1, 0.15) is 34.8 Å². The van der Waals surface area contributed by atoms with Gasteiger partial charge in [0.25, 0.3) is 5.91 Å². The number of amides is 1. The third-order valence-electron chi connectivity index (χ3n) is 4.89. The van der Waals surface area contributed by atoms with Crippen molar-refractivity contribution in [2.45, 2.75) is 25.0 Å². The van der Waals surface area contributed by atoms with E-state index in [1.54, 1.807) is 44.2 Å². The Morgan fingerprint density at radius 3 is 3.00 bits per heavy atom. The largest absolute Gasteiger partial charge is 0.495 e. The van der Waals surface area contributed by atoms with Gasteiger partial charge in [-0.15, -0.1) is 0 Å². The molecule has 0 saturated heterocycles. The molecule has 3 heterocycles. The Balaban J connectivity index is 1.60. The maximum Gasteiger partial charge on any atom is 0.253 e. The van der Waals surface area contributed by atoms with Gasteiger partial charge in [-0.05, 0) is 42.5 Å². The van der Waals surface area contributed by atoms with Gasteiger partial charge in [0.1, 0.15) is 11.4 Å². The number of carbonyl (C=O) groups is 1. The van der Waals surface area contributed by atoms with Gasteiger partial charge < -0.3 is 19.6 Å². The van der Waals surface area contributed by atoms with Crippen LogP contribution in [0, 0.1) is 5.92 Å².